The molecular formula is C21H24N4O2S. The second kappa shape index (κ2) is 8.93. The molecule has 2 aromatic carbocycles. The van der Waals surface area contributed by atoms with Crippen LogP contribution < -0.4 is 10.1 Å². The van der Waals surface area contributed by atoms with Crippen LogP contribution >= 0.6 is 11.8 Å². The number of amides is 1. The van der Waals surface area contributed by atoms with Crippen LogP contribution in [0.25, 0.3) is 0 Å². The second-order valence-corrected chi connectivity index (χ2v) is 7.64. The number of aromatic nitrogens is 3. The number of thioether (sulfide) groups is 1. The highest BCUT2D eigenvalue weighted by molar-refractivity contribution is 7.99. The van der Waals surface area contributed by atoms with Gasteiger partial charge < -0.3 is 14.6 Å². The average molecular weight is 397 g/mol. The van der Waals surface area contributed by atoms with E-state index in [9.17, 15) is 4.79 Å². The summed E-state index contributed by atoms with van der Waals surface area (Å²) in [7, 11) is 1.87. The molecule has 0 radical (unpaired) electrons. The number of nitrogens with one attached hydrogen (secondary N) is 1. The zero-order chi connectivity index (χ0) is 20.1. The van der Waals surface area contributed by atoms with E-state index in [1.165, 1.54) is 22.9 Å². The van der Waals surface area contributed by atoms with Crippen molar-refractivity contribution in [1.82, 2.24) is 14.8 Å². The van der Waals surface area contributed by atoms with Gasteiger partial charge in [-0.3, -0.25) is 4.79 Å². The van der Waals surface area contributed by atoms with E-state index >= 15 is 0 Å². The molecule has 0 saturated heterocycles. The quantitative estimate of drug-likeness (QED) is 0.610. The van der Waals surface area contributed by atoms with E-state index in [1.807, 2.05) is 61.0 Å². The molecule has 0 fully saturated rings. The van der Waals surface area contributed by atoms with Crippen LogP contribution in [0.3, 0.4) is 0 Å². The summed E-state index contributed by atoms with van der Waals surface area (Å²) in [6.45, 7) is 6.44. The number of benzene rings is 2. The third-order valence-corrected chi connectivity index (χ3v) is 5.43. The monoisotopic (exact) mass is 396 g/mol. The van der Waals surface area contributed by atoms with Crippen molar-refractivity contribution in [3.05, 3.63) is 65.0 Å². The Morgan fingerprint density at radius 3 is 2.68 bits per heavy atom. The zero-order valence-electron chi connectivity index (χ0n) is 16.5. The van der Waals surface area contributed by atoms with Crippen LogP contribution in [0.15, 0.2) is 47.6 Å². The van der Waals surface area contributed by atoms with Gasteiger partial charge in [-0.1, -0.05) is 30.0 Å². The van der Waals surface area contributed by atoms with Crippen molar-refractivity contribution in [3.8, 4) is 5.75 Å². The minimum Gasteiger partial charge on any atom is -0.486 e. The minimum atomic E-state index is -0.0773. The Morgan fingerprint density at radius 1 is 1.11 bits per heavy atom. The maximum Gasteiger partial charge on any atom is 0.234 e. The van der Waals surface area contributed by atoms with E-state index < -0.39 is 0 Å². The highest BCUT2D eigenvalue weighted by Crippen LogP contribution is 2.20. The molecule has 1 amide bonds. The van der Waals surface area contributed by atoms with E-state index in [2.05, 4.69) is 29.4 Å². The molecule has 0 spiro atoms. The molecule has 3 rings (SSSR count). The Labute approximate surface area is 169 Å². The third-order valence-electron chi connectivity index (χ3n) is 4.41. The number of ether oxygens (including phenoxy) is 1. The van der Waals surface area contributed by atoms with E-state index in [0.29, 0.717) is 17.6 Å². The van der Waals surface area contributed by atoms with Gasteiger partial charge in [-0.2, -0.15) is 0 Å². The first-order chi connectivity index (χ1) is 13.4. The fourth-order valence-electron chi connectivity index (χ4n) is 2.60. The maximum absolute atomic E-state index is 12.2. The number of carbonyl (C=O) groups is 1. The van der Waals surface area contributed by atoms with Gasteiger partial charge in [0.15, 0.2) is 11.0 Å². The fraction of sp³-hybridized carbons (Fsp3) is 0.286. The lowest BCUT2D eigenvalue weighted by atomic mass is 10.1. The molecule has 3 aromatic rings. The molecule has 7 heteroatoms. The fourth-order valence-corrected chi connectivity index (χ4v) is 3.33. The van der Waals surface area contributed by atoms with Crippen LogP contribution in [0.1, 0.15) is 22.5 Å². The Bertz CT molecular complexity index is 984. The Morgan fingerprint density at radius 2 is 1.93 bits per heavy atom. The summed E-state index contributed by atoms with van der Waals surface area (Å²) >= 11 is 1.35. The number of aryl methyl sites for hydroxylation is 3. The number of nitrogens with zero attached hydrogens (tertiary/aromatic N) is 3. The topological polar surface area (TPSA) is 69.0 Å². The summed E-state index contributed by atoms with van der Waals surface area (Å²) in [5.74, 6) is 1.70. The van der Waals surface area contributed by atoms with Gasteiger partial charge >= 0.3 is 0 Å². The molecule has 1 N–H and O–H groups in total. The number of carbonyl (C=O) groups excluding carboxylic acids is 1. The number of anilines is 1. The second-order valence-electron chi connectivity index (χ2n) is 6.70. The van der Waals surface area contributed by atoms with Gasteiger partial charge in [0.1, 0.15) is 12.4 Å². The van der Waals surface area contributed by atoms with Crippen molar-refractivity contribution in [1.29, 1.82) is 0 Å². The summed E-state index contributed by atoms with van der Waals surface area (Å²) in [6, 6.07) is 13.7. The van der Waals surface area contributed by atoms with Gasteiger partial charge in [0.05, 0.1) is 5.75 Å². The van der Waals surface area contributed by atoms with Crippen LogP contribution in [-0.2, 0) is 18.4 Å². The molecule has 146 valence electrons. The molecule has 0 saturated carbocycles. The van der Waals surface area contributed by atoms with E-state index in [-0.39, 0.29) is 11.7 Å². The largest absolute Gasteiger partial charge is 0.486 e. The summed E-state index contributed by atoms with van der Waals surface area (Å²) in [5.41, 5.74) is 4.32. The minimum absolute atomic E-state index is 0.0773. The number of hydrogen-bond donors (Lipinski definition) is 1. The highest BCUT2D eigenvalue weighted by atomic mass is 32.2. The highest BCUT2D eigenvalue weighted by Gasteiger charge is 2.12. The van der Waals surface area contributed by atoms with Crippen LogP contribution in [-0.4, -0.2) is 26.4 Å². The third kappa shape index (κ3) is 5.13. The molecule has 0 bridgehead atoms. The van der Waals surface area contributed by atoms with Gasteiger partial charge in [0.25, 0.3) is 0 Å². The molecule has 28 heavy (non-hydrogen) atoms. The van der Waals surface area contributed by atoms with Crippen molar-refractivity contribution >= 4 is 23.4 Å². The predicted octanol–water partition coefficient (Wildman–Crippen LogP) is 4.05. The summed E-state index contributed by atoms with van der Waals surface area (Å²) in [5, 5.41) is 11.9. The lowest BCUT2D eigenvalue weighted by Crippen LogP contribution is -2.14. The molecule has 0 aliphatic rings. The lowest BCUT2D eigenvalue weighted by Gasteiger charge is -2.08. The Kier molecular flexibility index (Phi) is 6.36. The molecule has 6 nitrogen and oxygen atoms in total. The van der Waals surface area contributed by atoms with Crippen LogP contribution in [0, 0.1) is 20.8 Å². The SMILES string of the molecule is Cc1cccc(NC(=O)CSc2nnc(COc3ccc(C)c(C)c3)n2C)c1. The zero-order valence-corrected chi connectivity index (χ0v) is 17.3. The molecule has 0 aliphatic carbocycles. The van der Waals surface area contributed by atoms with Crippen LogP contribution in [0.4, 0.5) is 5.69 Å². The maximum atomic E-state index is 12.2. The van der Waals surface area contributed by atoms with Crippen molar-refractivity contribution in [3.63, 3.8) is 0 Å². The Hall–Kier alpha value is -2.80. The average Bonchev–Trinajstić information content (AvgIpc) is 3.01. The molecule has 0 atom stereocenters. The predicted molar refractivity (Wildman–Crippen MR) is 112 cm³/mol. The summed E-state index contributed by atoms with van der Waals surface area (Å²) in [6.07, 6.45) is 0. The van der Waals surface area contributed by atoms with Crippen LogP contribution in [0.5, 0.6) is 5.75 Å². The Balaban J connectivity index is 1.53. The van der Waals surface area contributed by atoms with E-state index in [4.69, 9.17) is 4.74 Å². The van der Waals surface area contributed by atoms with Gasteiger partial charge in [0, 0.05) is 12.7 Å². The van der Waals surface area contributed by atoms with E-state index in [0.717, 1.165) is 17.0 Å². The molecule has 1 heterocycles. The number of rotatable bonds is 7. The van der Waals surface area contributed by atoms with E-state index in [1.54, 1.807) is 0 Å². The van der Waals surface area contributed by atoms with Crippen LogP contribution in [0.2, 0.25) is 0 Å². The van der Waals surface area contributed by atoms with Gasteiger partial charge in [-0.25, -0.2) is 0 Å². The van der Waals surface area contributed by atoms with Crippen molar-refractivity contribution < 1.29 is 9.53 Å². The first-order valence-corrected chi connectivity index (χ1v) is 9.98. The molecular weight excluding hydrogens is 372 g/mol. The summed E-state index contributed by atoms with van der Waals surface area (Å²) in [4.78, 5) is 12.2. The van der Waals surface area contributed by atoms with Crippen molar-refractivity contribution in [2.24, 2.45) is 7.05 Å². The normalized spacial score (nSPS) is 10.7. The lowest BCUT2D eigenvalue weighted by molar-refractivity contribution is -0.113. The number of hydrogen-bond acceptors (Lipinski definition) is 5. The summed E-state index contributed by atoms with van der Waals surface area (Å²) < 4.78 is 7.68. The molecule has 0 aliphatic heterocycles. The van der Waals surface area contributed by atoms with Gasteiger partial charge in [-0.05, 0) is 61.7 Å². The molecule has 1 aromatic heterocycles. The molecule has 0 unspecified atom stereocenters. The van der Waals surface area contributed by atoms with Crippen molar-refractivity contribution in [2.75, 3.05) is 11.1 Å². The van der Waals surface area contributed by atoms with Crippen molar-refractivity contribution in [2.45, 2.75) is 32.5 Å². The first kappa shape index (κ1) is 19.9. The standard InChI is InChI=1S/C21H24N4O2S/c1-14-6-5-7-17(10-14)22-20(26)13-28-21-24-23-19(25(21)4)12-27-18-9-8-15(2)16(3)11-18/h5-11H,12-13H2,1-4H3,(H,22,26). The van der Waals surface area contributed by atoms with Gasteiger partial charge in [0.2, 0.25) is 5.91 Å². The first-order valence-electron chi connectivity index (χ1n) is 9.00. The van der Waals surface area contributed by atoms with Gasteiger partial charge in [-0.15, -0.1) is 10.2 Å². The smallest absolute Gasteiger partial charge is 0.234 e.